The fourth-order valence-corrected chi connectivity index (χ4v) is 1.23. The van der Waals surface area contributed by atoms with Crippen LogP contribution in [0.15, 0.2) is 24.3 Å². The highest BCUT2D eigenvalue weighted by Gasteiger charge is 2.07. The number of carboxylic acid groups (broad SMARTS) is 1. The molecule has 0 spiro atoms. The van der Waals surface area contributed by atoms with Gasteiger partial charge in [-0.05, 0) is 23.8 Å². The summed E-state index contributed by atoms with van der Waals surface area (Å²) in [6.07, 6.45) is 3.50. The second-order valence-corrected chi connectivity index (χ2v) is 2.95. The lowest BCUT2D eigenvalue weighted by atomic mass is 10.1. The SMILES string of the molecule is O=CC=Cc1ccc(C(=O)O)c(Cl)c1. The molecule has 0 unspecified atom stereocenters. The monoisotopic (exact) mass is 210 g/mol. The van der Waals surface area contributed by atoms with Crippen LogP contribution in [-0.2, 0) is 4.79 Å². The first-order valence-electron chi connectivity index (χ1n) is 3.80. The highest BCUT2D eigenvalue weighted by molar-refractivity contribution is 6.33. The third-order valence-electron chi connectivity index (χ3n) is 1.59. The van der Waals surface area contributed by atoms with Crippen LogP contribution in [0, 0.1) is 0 Å². The average molecular weight is 211 g/mol. The van der Waals surface area contributed by atoms with Gasteiger partial charge < -0.3 is 5.11 Å². The van der Waals surface area contributed by atoms with E-state index in [1.54, 1.807) is 12.1 Å². The van der Waals surface area contributed by atoms with Gasteiger partial charge in [0.2, 0.25) is 0 Å². The van der Waals surface area contributed by atoms with Crippen molar-refractivity contribution in [2.24, 2.45) is 0 Å². The van der Waals surface area contributed by atoms with E-state index in [2.05, 4.69) is 0 Å². The molecule has 14 heavy (non-hydrogen) atoms. The summed E-state index contributed by atoms with van der Waals surface area (Å²) < 4.78 is 0. The molecule has 0 aliphatic heterocycles. The quantitative estimate of drug-likeness (QED) is 0.615. The summed E-state index contributed by atoms with van der Waals surface area (Å²) in [6, 6.07) is 4.47. The number of halogens is 1. The zero-order chi connectivity index (χ0) is 10.6. The van der Waals surface area contributed by atoms with Gasteiger partial charge in [-0.25, -0.2) is 4.79 Å². The lowest BCUT2D eigenvalue weighted by Crippen LogP contribution is -1.96. The average Bonchev–Trinajstić information content (AvgIpc) is 2.14. The summed E-state index contributed by atoms with van der Waals surface area (Å²) in [5, 5.41) is 8.83. The summed E-state index contributed by atoms with van der Waals surface area (Å²) in [4.78, 5) is 20.6. The first kappa shape index (κ1) is 10.5. The van der Waals surface area contributed by atoms with Crippen molar-refractivity contribution in [2.45, 2.75) is 0 Å². The number of carbonyl (C=O) groups excluding carboxylic acids is 1. The molecule has 3 nitrogen and oxygen atoms in total. The molecule has 72 valence electrons. The number of carboxylic acids is 1. The van der Waals surface area contributed by atoms with Crippen LogP contribution in [-0.4, -0.2) is 17.4 Å². The number of aldehydes is 1. The molecular weight excluding hydrogens is 204 g/mol. The van der Waals surface area contributed by atoms with Crippen molar-refractivity contribution in [3.63, 3.8) is 0 Å². The maximum Gasteiger partial charge on any atom is 0.337 e. The van der Waals surface area contributed by atoms with E-state index in [-0.39, 0.29) is 10.6 Å². The van der Waals surface area contributed by atoms with Gasteiger partial charge in [0.05, 0.1) is 10.6 Å². The predicted molar refractivity (Wildman–Crippen MR) is 53.5 cm³/mol. The van der Waals surface area contributed by atoms with Crippen LogP contribution < -0.4 is 0 Å². The van der Waals surface area contributed by atoms with Gasteiger partial charge in [-0.3, -0.25) is 4.79 Å². The Labute approximate surface area is 85.6 Å². The number of hydrogen-bond donors (Lipinski definition) is 1. The number of benzene rings is 1. The maximum absolute atomic E-state index is 10.6. The van der Waals surface area contributed by atoms with E-state index in [4.69, 9.17) is 16.7 Å². The third-order valence-corrected chi connectivity index (χ3v) is 1.90. The number of allylic oxidation sites excluding steroid dienone is 1. The summed E-state index contributed by atoms with van der Waals surface area (Å²) in [5.74, 6) is -1.07. The molecule has 0 aliphatic rings. The van der Waals surface area contributed by atoms with Crippen LogP contribution >= 0.6 is 11.6 Å². The second kappa shape index (κ2) is 4.58. The molecule has 0 bridgehead atoms. The van der Waals surface area contributed by atoms with E-state index >= 15 is 0 Å². The smallest absolute Gasteiger partial charge is 0.337 e. The zero-order valence-corrected chi connectivity index (χ0v) is 7.86. The molecule has 1 N–H and O–H groups in total. The molecule has 0 saturated carbocycles. The zero-order valence-electron chi connectivity index (χ0n) is 7.11. The topological polar surface area (TPSA) is 54.4 Å². The van der Waals surface area contributed by atoms with Gasteiger partial charge in [-0.15, -0.1) is 0 Å². The van der Waals surface area contributed by atoms with E-state index in [0.717, 1.165) is 0 Å². The highest BCUT2D eigenvalue weighted by atomic mass is 35.5. The second-order valence-electron chi connectivity index (χ2n) is 2.54. The largest absolute Gasteiger partial charge is 0.478 e. The van der Waals surface area contributed by atoms with Crippen molar-refractivity contribution in [3.05, 3.63) is 40.4 Å². The lowest BCUT2D eigenvalue weighted by molar-refractivity contribution is -0.104. The van der Waals surface area contributed by atoms with Crippen LogP contribution in [0.5, 0.6) is 0 Å². The van der Waals surface area contributed by atoms with Crippen molar-refractivity contribution < 1.29 is 14.7 Å². The summed E-state index contributed by atoms with van der Waals surface area (Å²) >= 11 is 5.70. The molecule has 0 radical (unpaired) electrons. The summed E-state index contributed by atoms with van der Waals surface area (Å²) in [7, 11) is 0. The highest BCUT2D eigenvalue weighted by Crippen LogP contribution is 2.18. The molecule has 0 heterocycles. The minimum absolute atomic E-state index is 0.0509. The van der Waals surface area contributed by atoms with Crippen LogP contribution in [0.4, 0.5) is 0 Å². The Morgan fingerprint density at radius 1 is 1.43 bits per heavy atom. The molecule has 0 saturated heterocycles. The molecule has 1 aromatic carbocycles. The molecule has 0 amide bonds. The molecule has 0 fully saturated rings. The molecule has 0 atom stereocenters. The van der Waals surface area contributed by atoms with Crippen LogP contribution in [0.2, 0.25) is 5.02 Å². The van der Waals surface area contributed by atoms with Gasteiger partial charge in [0.25, 0.3) is 0 Å². The number of carbonyl (C=O) groups is 2. The Morgan fingerprint density at radius 3 is 2.64 bits per heavy atom. The Kier molecular flexibility index (Phi) is 3.42. The molecular formula is C10H7ClO3. The first-order chi connectivity index (χ1) is 6.65. The molecule has 0 aliphatic carbocycles. The van der Waals surface area contributed by atoms with Crippen molar-refractivity contribution in [2.75, 3.05) is 0 Å². The minimum atomic E-state index is -1.07. The van der Waals surface area contributed by atoms with E-state index in [9.17, 15) is 9.59 Å². The standard InChI is InChI=1S/C10H7ClO3/c11-9-6-7(2-1-5-12)3-4-8(9)10(13)14/h1-6H,(H,13,14). The number of hydrogen-bond acceptors (Lipinski definition) is 2. The molecule has 4 heteroatoms. The maximum atomic E-state index is 10.6. The van der Waals surface area contributed by atoms with Crippen molar-refractivity contribution in [1.29, 1.82) is 0 Å². The Hall–Kier alpha value is -1.61. The normalized spacial score (nSPS) is 10.4. The Balaban J connectivity index is 3.06. The van der Waals surface area contributed by atoms with E-state index < -0.39 is 5.97 Å². The van der Waals surface area contributed by atoms with Crippen molar-refractivity contribution in [3.8, 4) is 0 Å². The third kappa shape index (κ3) is 2.44. The predicted octanol–water partition coefficient (Wildman–Crippen LogP) is 2.25. The molecule has 1 rings (SSSR count). The Morgan fingerprint density at radius 2 is 2.14 bits per heavy atom. The molecule has 0 aromatic heterocycles. The van der Waals surface area contributed by atoms with Crippen LogP contribution in [0.25, 0.3) is 6.08 Å². The minimum Gasteiger partial charge on any atom is -0.478 e. The summed E-state index contributed by atoms with van der Waals surface area (Å²) in [5.41, 5.74) is 0.738. The van der Waals surface area contributed by atoms with E-state index in [1.165, 1.54) is 18.2 Å². The van der Waals surface area contributed by atoms with Gasteiger partial charge in [0.1, 0.15) is 6.29 Å². The van der Waals surface area contributed by atoms with Crippen LogP contribution in [0.3, 0.4) is 0 Å². The molecule has 1 aromatic rings. The first-order valence-corrected chi connectivity index (χ1v) is 4.17. The summed E-state index contributed by atoms with van der Waals surface area (Å²) in [6.45, 7) is 0. The Bertz CT molecular complexity index is 396. The van der Waals surface area contributed by atoms with Crippen molar-refractivity contribution >= 4 is 29.9 Å². The van der Waals surface area contributed by atoms with Gasteiger partial charge in [0, 0.05) is 0 Å². The van der Waals surface area contributed by atoms with Gasteiger partial charge in [-0.2, -0.15) is 0 Å². The van der Waals surface area contributed by atoms with Crippen molar-refractivity contribution in [1.82, 2.24) is 0 Å². The van der Waals surface area contributed by atoms with Gasteiger partial charge in [-0.1, -0.05) is 23.7 Å². The van der Waals surface area contributed by atoms with Gasteiger partial charge in [0.15, 0.2) is 0 Å². The lowest BCUT2D eigenvalue weighted by Gasteiger charge is -1.99. The number of rotatable bonds is 3. The van der Waals surface area contributed by atoms with E-state index in [1.807, 2.05) is 0 Å². The fourth-order valence-electron chi connectivity index (χ4n) is 0.959. The van der Waals surface area contributed by atoms with E-state index in [0.29, 0.717) is 11.8 Å². The number of aromatic carboxylic acids is 1. The van der Waals surface area contributed by atoms with Gasteiger partial charge >= 0.3 is 5.97 Å². The fraction of sp³-hybridized carbons (Fsp3) is 0. The van der Waals surface area contributed by atoms with Crippen LogP contribution in [0.1, 0.15) is 15.9 Å².